The van der Waals surface area contributed by atoms with Crippen LogP contribution < -0.4 is 10.6 Å². The number of pyridine rings is 1. The molecule has 0 radical (unpaired) electrons. The summed E-state index contributed by atoms with van der Waals surface area (Å²) in [6.07, 6.45) is 1.65. The van der Waals surface area contributed by atoms with Crippen LogP contribution in [0, 0.1) is 11.6 Å². The number of aromatic nitrogens is 1. The van der Waals surface area contributed by atoms with Crippen molar-refractivity contribution in [1.82, 2.24) is 10.3 Å². The average molecular weight is 367 g/mol. The number of benzene rings is 1. The van der Waals surface area contributed by atoms with Crippen molar-refractivity contribution < 1.29 is 22.0 Å². The van der Waals surface area contributed by atoms with Gasteiger partial charge in [-0.1, -0.05) is 6.07 Å². The summed E-state index contributed by atoms with van der Waals surface area (Å²) in [5.74, 6) is -2.01. The maximum atomic E-state index is 13.6. The van der Waals surface area contributed by atoms with E-state index in [1.807, 2.05) is 0 Å². The molecule has 2 N–H and O–H groups in total. The van der Waals surface area contributed by atoms with E-state index in [4.69, 9.17) is 0 Å². The van der Waals surface area contributed by atoms with Gasteiger partial charge in [-0.15, -0.1) is 0 Å². The molecule has 1 aliphatic heterocycles. The summed E-state index contributed by atoms with van der Waals surface area (Å²) in [6, 6.07) is 5.92. The van der Waals surface area contributed by atoms with Crippen LogP contribution in [0.5, 0.6) is 0 Å². The molecule has 9 heteroatoms. The molecule has 0 aliphatic carbocycles. The number of sulfone groups is 1. The molecule has 1 amide bonds. The summed E-state index contributed by atoms with van der Waals surface area (Å²) >= 11 is 0. The number of nitrogens with zero attached hydrogens (tertiary/aromatic N) is 1. The topological polar surface area (TPSA) is 88.2 Å². The quantitative estimate of drug-likeness (QED) is 0.863. The van der Waals surface area contributed by atoms with E-state index in [9.17, 15) is 22.0 Å². The Hall–Kier alpha value is -2.55. The van der Waals surface area contributed by atoms with Crippen molar-refractivity contribution in [3.05, 3.63) is 53.9 Å². The van der Waals surface area contributed by atoms with Crippen molar-refractivity contribution >= 4 is 27.1 Å². The first kappa shape index (κ1) is 17.3. The van der Waals surface area contributed by atoms with Gasteiger partial charge in [-0.3, -0.25) is 4.79 Å². The highest BCUT2D eigenvalue weighted by Crippen LogP contribution is 2.22. The lowest BCUT2D eigenvalue weighted by Gasteiger charge is -2.11. The first-order chi connectivity index (χ1) is 11.8. The van der Waals surface area contributed by atoms with E-state index in [2.05, 4.69) is 15.6 Å². The fraction of sp³-hybridized carbons (Fsp3) is 0.250. The van der Waals surface area contributed by atoms with Gasteiger partial charge >= 0.3 is 0 Å². The second-order valence-electron chi connectivity index (χ2n) is 5.73. The molecule has 0 bridgehead atoms. The van der Waals surface area contributed by atoms with E-state index in [0.29, 0.717) is 12.1 Å². The van der Waals surface area contributed by atoms with Crippen molar-refractivity contribution in [2.75, 3.05) is 16.8 Å². The fourth-order valence-electron chi connectivity index (χ4n) is 2.53. The molecule has 1 atom stereocenters. The summed E-state index contributed by atoms with van der Waals surface area (Å²) in [6.45, 7) is 0. The van der Waals surface area contributed by atoms with Crippen LogP contribution in [0.4, 0.5) is 20.2 Å². The van der Waals surface area contributed by atoms with Gasteiger partial charge in [0.05, 0.1) is 23.4 Å². The van der Waals surface area contributed by atoms with Gasteiger partial charge in [-0.25, -0.2) is 22.2 Å². The Labute approximate surface area is 143 Å². The number of para-hydroxylation sites is 1. The zero-order valence-electron chi connectivity index (χ0n) is 13.0. The fourth-order valence-corrected chi connectivity index (χ4v) is 4.21. The zero-order valence-corrected chi connectivity index (χ0v) is 13.8. The molecule has 1 aromatic carbocycles. The Morgan fingerprint density at radius 1 is 1.16 bits per heavy atom. The van der Waals surface area contributed by atoms with Crippen LogP contribution in [0.1, 0.15) is 16.9 Å². The summed E-state index contributed by atoms with van der Waals surface area (Å²) in [7, 11) is -3.09. The molecule has 1 saturated heterocycles. The molecule has 1 fully saturated rings. The van der Waals surface area contributed by atoms with Gasteiger partial charge in [0, 0.05) is 6.04 Å². The minimum absolute atomic E-state index is 0.0580. The van der Waals surface area contributed by atoms with Crippen LogP contribution in [-0.2, 0) is 9.84 Å². The van der Waals surface area contributed by atoms with Crippen LogP contribution >= 0.6 is 0 Å². The predicted molar refractivity (Wildman–Crippen MR) is 88.4 cm³/mol. The van der Waals surface area contributed by atoms with E-state index in [0.717, 1.165) is 12.1 Å². The second-order valence-corrected chi connectivity index (χ2v) is 7.96. The SMILES string of the molecule is O=C(NC1CCS(=O)(=O)C1)c1ccc(Nc2c(F)cccc2F)cn1. The third-order valence-corrected chi connectivity index (χ3v) is 5.56. The van der Waals surface area contributed by atoms with Gasteiger partial charge in [0.25, 0.3) is 5.91 Å². The standard InChI is InChI=1S/C16H15F2N3O3S/c17-12-2-1-3-13(18)15(12)20-10-4-5-14(19-8-10)16(22)21-11-6-7-25(23,24)9-11/h1-5,8,11,20H,6-7,9H2,(H,21,22). The maximum absolute atomic E-state index is 13.6. The molecule has 132 valence electrons. The number of anilines is 2. The van der Waals surface area contributed by atoms with Crippen molar-refractivity contribution in [2.24, 2.45) is 0 Å². The monoisotopic (exact) mass is 367 g/mol. The van der Waals surface area contributed by atoms with Crippen LogP contribution in [0.2, 0.25) is 0 Å². The molecule has 0 spiro atoms. The Balaban J connectivity index is 1.67. The molecule has 0 saturated carbocycles. The lowest BCUT2D eigenvalue weighted by Crippen LogP contribution is -2.36. The third kappa shape index (κ3) is 4.11. The van der Waals surface area contributed by atoms with Crippen LogP contribution in [-0.4, -0.2) is 36.9 Å². The smallest absolute Gasteiger partial charge is 0.270 e. The molecule has 3 rings (SSSR count). The van der Waals surface area contributed by atoms with E-state index >= 15 is 0 Å². The number of hydrogen-bond acceptors (Lipinski definition) is 5. The summed E-state index contributed by atoms with van der Waals surface area (Å²) in [5.41, 5.74) is 0.0884. The minimum Gasteiger partial charge on any atom is -0.349 e. The number of rotatable bonds is 4. The first-order valence-electron chi connectivity index (χ1n) is 7.52. The molecule has 1 unspecified atom stereocenters. The molecular formula is C16H15F2N3O3S. The highest BCUT2D eigenvalue weighted by Gasteiger charge is 2.29. The lowest BCUT2D eigenvalue weighted by molar-refractivity contribution is 0.0936. The summed E-state index contributed by atoms with van der Waals surface area (Å²) < 4.78 is 50.0. The largest absolute Gasteiger partial charge is 0.349 e. The van der Waals surface area contributed by atoms with Crippen LogP contribution in [0.25, 0.3) is 0 Å². The van der Waals surface area contributed by atoms with Gasteiger partial charge in [0.1, 0.15) is 23.0 Å². The molecule has 2 aromatic rings. The number of amides is 1. The van der Waals surface area contributed by atoms with Gasteiger partial charge in [0.2, 0.25) is 0 Å². The van der Waals surface area contributed by atoms with Gasteiger partial charge in [-0.2, -0.15) is 0 Å². The van der Waals surface area contributed by atoms with Crippen molar-refractivity contribution in [1.29, 1.82) is 0 Å². The van der Waals surface area contributed by atoms with Crippen molar-refractivity contribution in [3.8, 4) is 0 Å². The number of hydrogen-bond donors (Lipinski definition) is 2. The molecule has 25 heavy (non-hydrogen) atoms. The van der Waals surface area contributed by atoms with Gasteiger partial charge in [0.15, 0.2) is 9.84 Å². The highest BCUT2D eigenvalue weighted by atomic mass is 32.2. The lowest BCUT2D eigenvalue weighted by atomic mass is 10.2. The Morgan fingerprint density at radius 3 is 2.44 bits per heavy atom. The summed E-state index contributed by atoms with van der Waals surface area (Å²) in [5, 5.41) is 5.18. The maximum Gasteiger partial charge on any atom is 0.270 e. The van der Waals surface area contributed by atoms with Gasteiger partial charge < -0.3 is 10.6 Å². The molecule has 1 aliphatic rings. The number of carbonyl (C=O) groups is 1. The Kier molecular flexibility index (Phi) is 4.67. The van der Waals surface area contributed by atoms with Crippen LogP contribution in [0.15, 0.2) is 36.5 Å². The van der Waals surface area contributed by atoms with Crippen molar-refractivity contribution in [3.63, 3.8) is 0 Å². The molecule has 2 heterocycles. The minimum atomic E-state index is -3.09. The second kappa shape index (κ2) is 6.75. The van der Waals surface area contributed by atoms with E-state index in [-0.39, 0.29) is 22.9 Å². The number of halogens is 2. The first-order valence-corrected chi connectivity index (χ1v) is 9.34. The van der Waals surface area contributed by atoms with Crippen molar-refractivity contribution in [2.45, 2.75) is 12.5 Å². The third-order valence-electron chi connectivity index (χ3n) is 3.80. The Morgan fingerprint density at radius 2 is 1.88 bits per heavy atom. The number of carbonyl (C=O) groups excluding carboxylic acids is 1. The normalized spacial score (nSPS) is 18.7. The Bertz CT molecular complexity index is 881. The molecule has 1 aromatic heterocycles. The molecular weight excluding hydrogens is 352 g/mol. The van der Waals surface area contributed by atoms with Crippen LogP contribution in [0.3, 0.4) is 0 Å². The average Bonchev–Trinajstić information content (AvgIpc) is 2.90. The molecule has 6 nitrogen and oxygen atoms in total. The summed E-state index contributed by atoms with van der Waals surface area (Å²) in [4.78, 5) is 16.0. The van der Waals surface area contributed by atoms with E-state index in [1.165, 1.54) is 24.4 Å². The highest BCUT2D eigenvalue weighted by molar-refractivity contribution is 7.91. The van der Waals surface area contributed by atoms with E-state index in [1.54, 1.807) is 0 Å². The van der Waals surface area contributed by atoms with Gasteiger partial charge in [-0.05, 0) is 30.7 Å². The van der Waals surface area contributed by atoms with E-state index < -0.39 is 33.4 Å². The predicted octanol–water partition coefficient (Wildman–Crippen LogP) is 2.02. The number of nitrogens with one attached hydrogen (secondary N) is 2. The zero-order chi connectivity index (χ0) is 18.0.